The Morgan fingerprint density at radius 2 is 1.58 bits per heavy atom. The van der Waals surface area contributed by atoms with E-state index in [1.807, 2.05) is 53.3 Å². The molecule has 2 heterocycles. The Balaban J connectivity index is 1.61. The van der Waals surface area contributed by atoms with Crippen LogP contribution in [-0.2, 0) is 17.9 Å². The molecule has 5 nitrogen and oxygen atoms in total. The molecule has 0 saturated carbocycles. The maximum absolute atomic E-state index is 13.7. The summed E-state index contributed by atoms with van der Waals surface area (Å²) in [4.78, 5) is 32.8. The van der Waals surface area contributed by atoms with Crippen LogP contribution < -0.4 is 10.3 Å². The second kappa shape index (κ2) is 8.60. The van der Waals surface area contributed by atoms with E-state index in [0.717, 1.165) is 10.7 Å². The summed E-state index contributed by atoms with van der Waals surface area (Å²) in [5.74, 6) is -0.556. The number of para-hydroxylation sites is 2. The third-order valence-electron chi connectivity index (χ3n) is 5.60. The minimum absolute atomic E-state index is 0.0157. The van der Waals surface area contributed by atoms with Crippen LogP contribution in [0.2, 0.25) is 0 Å². The van der Waals surface area contributed by atoms with Gasteiger partial charge in [-0.1, -0.05) is 24.3 Å². The lowest BCUT2D eigenvalue weighted by molar-refractivity contribution is -0.119. The first-order valence-corrected chi connectivity index (χ1v) is 11.4. The summed E-state index contributed by atoms with van der Waals surface area (Å²) in [6.07, 6.45) is 0. The van der Waals surface area contributed by atoms with Crippen LogP contribution in [0.25, 0.3) is 21.8 Å². The predicted octanol–water partition coefficient (Wildman–Crippen LogP) is 5.29. The molecule has 0 atom stereocenters. The number of nitrogens with zero attached hydrogens (tertiary/aromatic N) is 3. The Morgan fingerprint density at radius 1 is 0.970 bits per heavy atom. The maximum Gasteiger partial charge on any atom is 0.247 e. The molecule has 33 heavy (non-hydrogen) atoms. The third-order valence-corrected chi connectivity index (χ3v) is 6.42. The fourth-order valence-electron chi connectivity index (χ4n) is 4.06. The van der Waals surface area contributed by atoms with E-state index in [9.17, 15) is 14.0 Å². The van der Waals surface area contributed by atoms with Crippen LogP contribution in [0.1, 0.15) is 10.7 Å². The number of carbonyl (C=O) groups is 1. The molecule has 0 aliphatic heterocycles. The van der Waals surface area contributed by atoms with E-state index in [0.29, 0.717) is 27.5 Å². The number of carbonyl (C=O) groups excluding carboxylic acids is 1. The molecular formula is C26H20FN3O2S. The summed E-state index contributed by atoms with van der Waals surface area (Å²) in [6, 6.07) is 20.5. The third kappa shape index (κ3) is 4.03. The molecule has 0 aliphatic carbocycles. The number of amides is 1. The molecule has 0 unspecified atom stereocenters. The number of halogens is 1. The van der Waals surface area contributed by atoms with Crippen molar-refractivity contribution in [2.45, 2.75) is 20.0 Å². The SMILES string of the molecule is Cc1nc(CN(C(=O)Cn2c3ccccc3c(=O)c3ccccc32)c2ccc(F)cc2)cs1. The molecule has 0 N–H and O–H groups in total. The fraction of sp³-hybridized carbons (Fsp3) is 0.115. The molecule has 0 bridgehead atoms. The van der Waals surface area contributed by atoms with Gasteiger partial charge >= 0.3 is 0 Å². The monoisotopic (exact) mass is 457 g/mol. The van der Waals surface area contributed by atoms with Gasteiger partial charge in [0.2, 0.25) is 5.91 Å². The number of hydrogen-bond acceptors (Lipinski definition) is 4. The Labute approximate surface area is 193 Å². The summed E-state index contributed by atoms with van der Waals surface area (Å²) in [6.45, 7) is 2.20. The second-order valence-electron chi connectivity index (χ2n) is 7.76. The van der Waals surface area contributed by atoms with Crippen LogP contribution in [0, 0.1) is 12.7 Å². The van der Waals surface area contributed by atoms with E-state index in [2.05, 4.69) is 4.98 Å². The molecule has 0 aliphatic rings. The van der Waals surface area contributed by atoms with Crippen molar-refractivity contribution in [3.63, 3.8) is 0 Å². The summed E-state index contributed by atoms with van der Waals surface area (Å²) < 4.78 is 15.4. The normalized spacial score (nSPS) is 11.2. The molecular weight excluding hydrogens is 437 g/mol. The molecule has 0 spiro atoms. The van der Waals surface area contributed by atoms with Crippen LogP contribution in [0.3, 0.4) is 0 Å². The average Bonchev–Trinajstić information content (AvgIpc) is 3.25. The highest BCUT2D eigenvalue weighted by Crippen LogP contribution is 2.23. The number of pyridine rings is 1. The Morgan fingerprint density at radius 3 is 2.15 bits per heavy atom. The molecule has 0 saturated heterocycles. The van der Waals surface area contributed by atoms with Crippen LogP contribution in [0.5, 0.6) is 0 Å². The van der Waals surface area contributed by atoms with Gasteiger partial charge in [0.25, 0.3) is 0 Å². The zero-order valence-corrected chi connectivity index (χ0v) is 18.7. The molecule has 7 heteroatoms. The summed E-state index contributed by atoms with van der Waals surface area (Å²) in [5.41, 5.74) is 2.68. The van der Waals surface area contributed by atoms with E-state index in [1.54, 1.807) is 29.2 Å². The van der Waals surface area contributed by atoms with Crippen molar-refractivity contribution in [3.05, 3.63) is 105 Å². The van der Waals surface area contributed by atoms with Crippen molar-refractivity contribution < 1.29 is 9.18 Å². The summed E-state index contributed by atoms with van der Waals surface area (Å²) >= 11 is 1.52. The van der Waals surface area contributed by atoms with Crippen LogP contribution >= 0.6 is 11.3 Å². The van der Waals surface area contributed by atoms with Gasteiger partial charge in [-0.15, -0.1) is 11.3 Å². The zero-order chi connectivity index (χ0) is 22.9. The second-order valence-corrected chi connectivity index (χ2v) is 8.83. The first-order chi connectivity index (χ1) is 16.0. The number of aromatic nitrogens is 2. The molecule has 0 radical (unpaired) electrons. The minimum Gasteiger partial charge on any atom is -0.331 e. The smallest absolute Gasteiger partial charge is 0.247 e. The van der Waals surface area contributed by atoms with Crippen molar-refractivity contribution in [1.29, 1.82) is 0 Å². The van der Waals surface area contributed by atoms with Crippen molar-refractivity contribution >= 4 is 44.7 Å². The maximum atomic E-state index is 13.7. The molecule has 2 aromatic heterocycles. The van der Waals surface area contributed by atoms with Crippen LogP contribution in [0.15, 0.2) is 83.0 Å². The number of thiazole rings is 1. The van der Waals surface area contributed by atoms with Gasteiger partial charge in [-0.2, -0.15) is 0 Å². The quantitative estimate of drug-likeness (QED) is 0.337. The molecule has 164 valence electrons. The molecule has 1 amide bonds. The van der Waals surface area contributed by atoms with E-state index in [4.69, 9.17) is 0 Å². The molecule has 5 rings (SSSR count). The predicted molar refractivity (Wildman–Crippen MR) is 130 cm³/mol. The highest BCUT2D eigenvalue weighted by Gasteiger charge is 2.20. The Hall–Kier alpha value is -3.84. The topological polar surface area (TPSA) is 55.2 Å². The Kier molecular flexibility index (Phi) is 5.48. The van der Waals surface area contributed by atoms with E-state index >= 15 is 0 Å². The Bertz CT molecular complexity index is 1480. The number of fused-ring (bicyclic) bond motifs is 2. The van der Waals surface area contributed by atoms with E-state index < -0.39 is 0 Å². The van der Waals surface area contributed by atoms with Crippen molar-refractivity contribution in [2.24, 2.45) is 0 Å². The summed E-state index contributed by atoms with van der Waals surface area (Å²) in [7, 11) is 0. The largest absolute Gasteiger partial charge is 0.331 e. The fourth-order valence-corrected chi connectivity index (χ4v) is 4.66. The van der Waals surface area contributed by atoms with Crippen molar-refractivity contribution in [1.82, 2.24) is 9.55 Å². The van der Waals surface area contributed by atoms with Crippen LogP contribution in [-0.4, -0.2) is 15.5 Å². The van der Waals surface area contributed by atoms with Gasteiger partial charge in [0.1, 0.15) is 12.4 Å². The van der Waals surface area contributed by atoms with Gasteiger partial charge in [-0.05, 0) is 55.5 Å². The minimum atomic E-state index is -0.368. The van der Waals surface area contributed by atoms with Gasteiger partial charge in [0, 0.05) is 21.8 Å². The van der Waals surface area contributed by atoms with Gasteiger partial charge in [0.15, 0.2) is 5.43 Å². The average molecular weight is 458 g/mol. The molecule has 5 aromatic rings. The van der Waals surface area contributed by atoms with Gasteiger partial charge in [0.05, 0.1) is 28.3 Å². The molecule has 3 aromatic carbocycles. The van der Waals surface area contributed by atoms with E-state index in [-0.39, 0.29) is 30.2 Å². The first-order valence-electron chi connectivity index (χ1n) is 10.5. The van der Waals surface area contributed by atoms with E-state index in [1.165, 1.54) is 23.5 Å². The van der Waals surface area contributed by atoms with Gasteiger partial charge in [-0.25, -0.2) is 9.37 Å². The number of rotatable bonds is 5. The summed E-state index contributed by atoms with van der Waals surface area (Å²) in [5, 5.41) is 3.96. The number of anilines is 1. The van der Waals surface area contributed by atoms with Crippen LogP contribution in [0.4, 0.5) is 10.1 Å². The number of aryl methyl sites for hydroxylation is 1. The first kappa shape index (κ1) is 21.0. The standard InChI is InChI=1S/C26H20FN3O2S/c1-17-28-19(16-33-17)14-29(20-12-10-18(27)11-13-20)25(31)15-30-23-8-4-2-6-21(23)26(32)22-7-3-5-9-24(22)30/h2-13,16H,14-15H2,1H3. The zero-order valence-electron chi connectivity index (χ0n) is 17.9. The number of hydrogen-bond donors (Lipinski definition) is 0. The van der Waals surface area contributed by atoms with Gasteiger partial charge in [-0.3, -0.25) is 9.59 Å². The lowest BCUT2D eigenvalue weighted by atomic mass is 10.1. The highest BCUT2D eigenvalue weighted by atomic mass is 32.1. The van der Waals surface area contributed by atoms with Gasteiger partial charge < -0.3 is 9.47 Å². The van der Waals surface area contributed by atoms with Crippen molar-refractivity contribution in [2.75, 3.05) is 4.90 Å². The lowest BCUT2D eigenvalue weighted by Crippen LogP contribution is -2.34. The number of benzene rings is 3. The lowest BCUT2D eigenvalue weighted by Gasteiger charge is -2.24. The molecule has 0 fully saturated rings. The highest BCUT2D eigenvalue weighted by molar-refractivity contribution is 7.09. The van der Waals surface area contributed by atoms with Crippen molar-refractivity contribution in [3.8, 4) is 0 Å².